The summed E-state index contributed by atoms with van der Waals surface area (Å²) in [4.78, 5) is 16.6. The molecule has 0 atom stereocenters. The van der Waals surface area contributed by atoms with Crippen LogP contribution in [-0.4, -0.2) is 23.6 Å². The Morgan fingerprint density at radius 2 is 2.00 bits per heavy atom. The Hall–Kier alpha value is -1.55. The van der Waals surface area contributed by atoms with Crippen molar-refractivity contribution in [1.29, 1.82) is 0 Å². The SMILES string of the molecule is CNCCCCc1ccc2[nH]c(=O)[nH]c2c1. The number of nitrogens with one attached hydrogen (secondary N) is 3. The lowest BCUT2D eigenvalue weighted by Crippen LogP contribution is -2.07. The molecule has 2 rings (SSSR count). The van der Waals surface area contributed by atoms with Gasteiger partial charge in [0.05, 0.1) is 11.0 Å². The molecule has 2 aromatic rings. The van der Waals surface area contributed by atoms with Crippen molar-refractivity contribution < 1.29 is 0 Å². The minimum atomic E-state index is -0.137. The van der Waals surface area contributed by atoms with Gasteiger partial charge in [-0.25, -0.2) is 4.79 Å². The van der Waals surface area contributed by atoms with Crippen molar-refractivity contribution in [3.05, 3.63) is 34.2 Å². The van der Waals surface area contributed by atoms with Crippen LogP contribution in [0.25, 0.3) is 11.0 Å². The third-order valence-electron chi connectivity index (χ3n) is 2.72. The lowest BCUT2D eigenvalue weighted by molar-refractivity contribution is 0.677. The van der Waals surface area contributed by atoms with Gasteiger partial charge < -0.3 is 15.3 Å². The molecule has 3 N–H and O–H groups in total. The van der Waals surface area contributed by atoms with Crippen molar-refractivity contribution in [3.63, 3.8) is 0 Å². The number of aromatic nitrogens is 2. The van der Waals surface area contributed by atoms with Crippen molar-refractivity contribution in [2.75, 3.05) is 13.6 Å². The summed E-state index contributed by atoms with van der Waals surface area (Å²) in [5.74, 6) is 0. The highest BCUT2D eigenvalue weighted by molar-refractivity contribution is 5.74. The molecule has 0 aliphatic heterocycles. The number of benzene rings is 1. The van der Waals surface area contributed by atoms with Crippen LogP contribution in [0.4, 0.5) is 0 Å². The predicted molar refractivity (Wildman–Crippen MR) is 65.8 cm³/mol. The normalized spacial score (nSPS) is 11.1. The summed E-state index contributed by atoms with van der Waals surface area (Å²) < 4.78 is 0. The fraction of sp³-hybridized carbons (Fsp3) is 0.417. The fourth-order valence-electron chi connectivity index (χ4n) is 1.87. The van der Waals surface area contributed by atoms with E-state index in [0.29, 0.717) is 0 Å². The minimum absolute atomic E-state index is 0.137. The third kappa shape index (κ3) is 2.52. The molecule has 1 heterocycles. The second kappa shape index (κ2) is 4.99. The maximum atomic E-state index is 11.1. The van der Waals surface area contributed by atoms with Crippen molar-refractivity contribution in [2.24, 2.45) is 0 Å². The number of rotatable bonds is 5. The van der Waals surface area contributed by atoms with Crippen LogP contribution < -0.4 is 11.0 Å². The Kier molecular flexibility index (Phi) is 3.41. The molecule has 0 saturated carbocycles. The first-order valence-electron chi connectivity index (χ1n) is 5.65. The molecule has 0 amide bonds. The van der Waals surface area contributed by atoms with Gasteiger partial charge in [0.2, 0.25) is 0 Å². The molecule has 0 unspecified atom stereocenters. The van der Waals surface area contributed by atoms with Crippen LogP contribution in [0.1, 0.15) is 18.4 Å². The van der Waals surface area contributed by atoms with E-state index in [0.717, 1.165) is 24.0 Å². The average molecular weight is 219 g/mol. The number of imidazole rings is 1. The summed E-state index contributed by atoms with van der Waals surface area (Å²) >= 11 is 0. The molecule has 0 fully saturated rings. The van der Waals surface area contributed by atoms with E-state index < -0.39 is 0 Å². The number of hydrogen-bond acceptors (Lipinski definition) is 2. The van der Waals surface area contributed by atoms with E-state index >= 15 is 0 Å². The number of unbranched alkanes of at least 4 members (excludes halogenated alkanes) is 1. The van der Waals surface area contributed by atoms with E-state index in [1.54, 1.807) is 0 Å². The van der Waals surface area contributed by atoms with Crippen LogP contribution in [0, 0.1) is 0 Å². The zero-order valence-electron chi connectivity index (χ0n) is 9.47. The molecule has 1 aromatic heterocycles. The number of H-pyrrole nitrogens is 2. The minimum Gasteiger partial charge on any atom is -0.320 e. The van der Waals surface area contributed by atoms with Crippen LogP contribution in [0.15, 0.2) is 23.0 Å². The van der Waals surface area contributed by atoms with Gasteiger partial charge in [-0.15, -0.1) is 0 Å². The molecule has 0 aliphatic rings. The van der Waals surface area contributed by atoms with Gasteiger partial charge in [-0.1, -0.05) is 6.07 Å². The van der Waals surface area contributed by atoms with E-state index in [4.69, 9.17) is 0 Å². The second-order valence-corrected chi connectivity index (χ2v) is 4.02. The van der Waals surface area contributed by atoms with Gasteiger partial charge >= 0.3 is 5.69 Å². The van der Waals surface area contributed by atoms with Crippen LogP contribution in [0.2, 0.25) is 0 Å². The van der Waals surface area contributed by atoms with Gasteiger partial charge in [-0.05, 0) is 50.6 Å². The Labute approximate surface area is 94.1 Å². The maximum Gasteiger partial charge on any atom is 0.323 e. The smallest absolute Gasteiger partial charge is 0.320 e. The van der Waals surface area contributed by atoms with Crippen molar-refractivity contribution in [2.45, 2.75) is 19.3 Å². The average Bonchev–Trinajstić information content (AvgIpc) is 2.64. The summed E-state index contributed by atoms with van der Waals surface area (Å²) in [6.07, 6.45) is 3.41. The summed E-state index contributed by atoms with van der Waals surface area (Å²) in [6.45, 7) is 1.06. The first-order chi connectivity index (χ1) is 7.79. The second-order valence-electron chi connectivity index (χ2n) is 4.02. The van der Waals surface area contributed by atoms with E-state index in [1.807, 2.05) is 19.2 Å². The highest BCUT2D eigenvalue weighted by atomic mass is 16.1. The number of fused-ring (bicyclic) bond motifs is 1. The Bertz CT molecular complexity index is 512. The highest BCUT2D eigenvalue weighted by Gasteiger charge is 1.99. The van der Waals surface area contributed by atoms with Crippen LogP contribution in [-0.2, 0) is 6.42 Å². The number of aromatic amines is 2. The molecule has 0 bridgehead atoms. The maximum absolute atomic E-state index is 11.1. The van der Waals surface area contributed by atoms with Crippen molar-refractivity contribution in [1.82, 2.24) is 15.3 Å². The summed E-state index contributed by atoms with van der Waals surface area (Å²) in [5, 5.41) is 3.13. The van der Waals surface area contributed by atoms with Crippen LogP contribution >= 0.6 is 0 Å². The first-order valence-corrected chi connectivity index (χ1v) is 5.65. The molecule has 0 aliphatic carbocycles. The number of hydrogen-bond donors (Lipinski definition) is 3. The van der Waals surface area contributed by atoms with Gasteiger partial charge in [0.15, 0.2) is 0 Å². The largest absolute Gasteiger partial charge is 0.323 e. The van der Waals surface area contributed by atoms with Crippen molar-refractivity contribution >= 4 is 11.0 Å². The van der Waals surface area contributed by atoms with E-state index in [9.17, 15) is 4.79 Å². The molecule has 4 nitrogen and oxygen atoms in total. The summed E-state index contributed by atoms with van der Waals surface area (Å²) in [5.41, 5.74) is 2.92. The molecule has 1 aromatic carbocycles. The summed E-state index contributed by atoms with van der Waals surface area (Å²) in [7, 11) is 1.97. The van der Waals surface area contributed by atoms with E-state index in [1.165, 1.54) is 18.4 Å². The van der Waals surface area contributed by atoms with Crippen LogP contribution in [0.5, 0.6) is 0 Å². The molecule has 4 heteroatoms. The van der Waals surface area contributed by atoms with Crippen LogP contribution in [0.3, 0.4) is 0 Å². The van der Waals surface area contributed by atoms with Gasteiger partial charge in [-0.2, -0.15) is 0 Å². The zero-order valence-corrected chi connectivity index (χ0v) is 9.47. The first kappa shape index (κ1) is 11.0. The van der Waals surface area contributed by atoms with Gasteiger partial charge in [0.25, 0.3) is 0 Å². The predicted octanol–water partition coefficient (Wildman–Crippen LogP) is 1.40. The molecule has 0 spiro atoms. The molecular weight excluding hydrogens is 202 g/mol. The molecule has 0 saturated heterocycles. The number of aryl methyl sites for hydroxylation is 1. The third-order valence-corrected chi connectivity index (χ3v) is 2.72. The topological polar surface area (TPSA) is 60.7 Å². The quantitative estimate of drug-likeness (QED) is 0.666. The van der Waals surface area contributed by atoms with E-state index in [-0.39, 0.29) is 5.69 Å². The van der Waals surface area contributed by atoms with Crippen molar-refractivity contribution in [3.8, 4) is 0 Å². The van der Waals surface area contributed by atoms with E-state index in [2.05, 4.69) is 21.4 Å². The fourth-order valence-corrected chi connectivity index (χ4v) is 1.87. The molecule has 16 heavy (non-hydrogen) atoms. The summed E-state index contributed by atoms with van der Waals surface area (Å²) in [6, 6.07) is 6.08. The lowest BCUT2D eigenvalue weighted by Gasteiger charge is -2.01. The standard InChI is InChI=1S/C12H17N3O/c1-13-7-3-2-4-9-5-6-10-11(8-9)15-12(16)14-10/h5-6,8,13H,2-4,7H2,1H3,(H2,14,15,16). The Balaban J connectivity index is 2.04. The molecular formula is C12H17N3O. The highest BCUT2D eigenvalue weighted by Crippen LogP contribution is 2.12. The van der Waals surface area contributed by atoms with Gasteiger partial charge in [-0.3, -0.25) is 0 Å². The lowest BCUT2D eigenvalue weighted by atomic mass is 10.1. The molecule has 86 valence electrons. The Morgan fingerprint density at radius 1 is 1.19 bits per heavy atom. The van der Waals surface area contributed by atoms with Gasteiger partial charge in [0.1, 0.15) is 0 Å². The van der Waals surface area contributed by atoms with Gasteiger partial charge in [0, 0.05) is 0 Å². The molecule has 0 radical (unpaired) electrons. The monoisotopic (exact) mass is 219 g/mol. The Morgan fingerprint density at radius 3 is 2.81 bits per heavy atom. The zero-order chi connectivity index (χ0) is 11.4.